The number of benzene rings is 1. The highest BCUT2D eigenvalue weighted by Crippen LogP contribution is 2.30. The summed E-state index contributed by atoms with van der Waals surface area (Å²) >= 11 is 0. The van der Waals surface area contributed by atoms with Crippen molar-refractivity contribution in [3.63, 3.8) is 0 Å². The third-order valence-corrected chi connectivity index (χ3v) is 3.57. The van der Waals surface area contributed by atoms with E-state index in [2.05, 4.69) is 0 Å². The molecule has 0 bridgehead atoms. The lowest BCUT2D eigenvalue weighted by Crippen LogP contribution is -2.42. The van der Waals surface area contributed by atoms with E-state index in [1.54, 1.807) is 6.92 Å². The van der Waals surface area contributed by atoms with E-state index in [9.17, 15) is 19.8 Å². The Labute approximate surface area is 122 Å². The molecule has 1 aromatic carbocycles. The van der Waals surface area contributed by atoms with E-state index in [4.69, 9.17) is 4.74 Å². The number of ether oxygens (including phenoxy) is 1. The number of carbonyl (C=O) groups excluding carboxylic acids is 2. The maximum absolute atomic E-state index is 12.4. The molecular formula is C15H19NO5. The Balaban J connectivity index is 2.12. The van der Waals surface area contributed by atoms with Gasteiger partial charge in [-0.05, 0) is 31.9 Å². The minimum Gasteiger partial charge on any atom is -0.504 e. The Morgan fingerprint density at radius 3 is 2.86 bits per heavy atom. The van der Waals surface area contributed by atoms with Crippen LogP contribution in [-0.4, -0.2) is 46.7 Å². The number of amides is 1. The first-order valence-corrected chi connectivity index (χ1v) is 7.01. The van der Waals surface area contributed by atoms with Gasteiger partial charge in [-0.1, -0.05) is 6.07 Å². The van der Waals surface area contributed by atoms with Crippen LogP contribution in [0.5, 0.6) is 11.5 Å². The van der Waals surface area contributed by atoms with Gasteiger partial charge in [0.25, 0.3) is 5.91 Å². The van der Waals surface area contributed by atoms with Gasteiger partial charge in [-0.2, -0.15) is 0 Å². The number of phenols is 2. The van der Waals surface area contributed by atoms with E-state index >= 15 is 0 Å². The van der Waals surface area contributed by atoms with E-state index < -0.39 is 11.7 Å². The number of rotatable bonds is 3. The second-order valence-electron chi connectivity index (χ2n) is 5.02. The smallest absolute Gasteiger partial charge is 0.310 e. The van der Waals surface area contributed by atoms with Crippen molar-refractivity contribution in [1.29, 1.82) is 0 Å². The maximum atomic E-state index is 12.4. The van der Waals surface area contributed by atoms with Gasteiger partial charge < -0.3 is 19.8 Å². The molecule has 6 nitrogen and oxygen atoms in total. The lowest BCUT2D eigenvalue weighted by Gasteiger charge is -2.31. The van der Waals surface area contributed by atoms with E-state index in [0.717, 1.165) is 0 Å². The second-order valence-corrected chi connectivity index (χ2v) is 5.02. The highest BCUT2D eigenvalue weighted by molar-refractivity contribution is 5.97. The van der Waals surface area contributed by atoms with Gasteiger partial charge in [0.05, 0.1) is 18.1 Å². The number of piperidine rings is 1. The SMILES string of the molecule is CCOC(=O)C1CCCN(C(=O)c2cccc(O)c2O)C1. The highest BCUT2D eigenvalue weighted by atomic mass is 16.5. The van der Waals surface area contributed by atoms with Crippen molar-refractivity contribution in [3.05, 3.63) is 23.8 Å². The van der Waals surface area contributed by atoms with Crippen molar-refractivity contribution in [2.45, 2.75) is 19.8 Å². The molecule has 1 fully saturated rings. The Kier molecular flexibility index (Phi) is 4.67. The van der Waals surface area contributed by atoms with Crippen LogP contribution in [-0.2, 0) is 9.53 Å². The fourth-order valence-corrected chi connectivity index (χ4v) is 2.49. The molecule has 1 heterocycles. The molecule has 1 amide bonds. The summed E-state index contributed by atoms with van der Waals surface area (Å²) in [6, 6.07) is 4.25. The van der Waals surface area contributed by atoms with Gasteiger partial charge >= 0.3 is 5.97 Å². The van der Waals surface area contributed by atoms with Gasteiger partial charge in [0.1, 0.15) is 0 Å². The lowest BCUT2D eigenvalue weighted by molar-refractivity contribution is -0.149. The van der Waals surface area contributed by atoms with E-state index in [0.29, 0.717) is 26.0 Å². The monoisotopic (exact) mass is 293 g/mol. The molecule has 0 saturated carbocycles. The number of hydrogen-bond donors (Lipinski definition) is 2. The molecule has 1 unspecified atom stereocenters. The number of hydrogen-bond acceptors (Lipinski definition) is 5. The quantitative estimate of drug-likeness (QED) is 0.651. The number of likely N-dealkylation sites (tertiary alicyclic amines) is 1. The second kappa shape index (κ2) is 6.47. The van der Waals surface area contributed by atoms with E-state index in [-0.39, 0.29) is 29.7 Å². The van der Waals surface area contributed by atoms with E-state index in [1.165, 1.54) is 23.1 Å². The molecule has 1 aliphatic rings. The molecule has 114 valence electrons. The van der Waals surface area contributed by atoms with Crippen LogP contribution in [0.2, 0.25) is 0 Å². The highest BCUT2D eigenvalue weighted by Gasteiger charge is 2.30. The van der Waals surface area contributed by atoms with Gasteiger partial charge in [-0.3, -0.25) is 9.59 Å². The molecule has 6 heteroatoms. The predicted molar refractivity (Wildman–Crippen MR) is 75.0 cm³/mol. The largest absolute Gasteiger partial charge is 0.504 e. The third-order valence-electron chi connectivity index (χ3n) is 3.57. The van der Waals surface area contributed by atoms with Gasteiger partial charge in [0, 0.05) is 13.1 Å². The molecule has 1 aromatic rings. The summed E-state index contributed by atoms with van der Waals surface area (Å²) in [5.41, 5.74) is 0.0412. The van der Waals surface area contributed by atoms with Crippen LogP contribution in [0.4, 0.5) is 0 Å². The molecule has 1 saturated heterocycles. The molecule has 0 radical (unpaired) electrons. The first-order valence-electron chi connectivity index (χ1n) is 7.01. The molecule has 0 aliphatic carbocycles. The van der Waals surface area contributed by atoms with Crippen LogP contribution in [0, 0.1) is 5.92 Å². The number of esters is 1. The number of phenolic OH excluding ortho intramolecular Hbond substituents is 2. The number of para-hydroxylation sites is 1. The van der Waals surface area contributed by atoms with Crippen LogP contribution >= 0.6 is 0 Å². The normalized spacial score (nSPS) is 18.3. The van der Waals surface area contributed by atoms with Gasteiger partial charge in [-0.15, -0.1) is 0 Å². The topological polar surface area (TPSA) is 87.1 Å². The summed E-state index contributed by atoms with van der Waals surface area (Å²) in [7, 11) is 0. The fraction of sp³-hybridized carbons (Fsp3) is 0.467. The number of nitrogens with zero attached hydrogens (tertiary/aromatic N) is 1. The molecular weight excluding hydrogens is 274 g/mol. The molecule has 0 spiro atoms. The first kappa shape index (κ1) is 15.2. The summed E-state index contributed by atoms with van der Waals surface area (Å²) in [4.78, 5) is 25.7. The zero-order valence-corrected chi connectivity index (χ0v) is 11.9. The molecule has 1 aliphatic heterocycles. The molecule has 0 aromatic heterocycles. The minimum absolute atomic E-state index is 0.0412. The standard InChI is InChI=1S/C15H19NO5/c1-2-21-15(20)10-5-4-8-16(9-10)14(19)11-6-3-7-12(17)13(11)18/h3,6-7,10,17-18H,2,4-5,8-9H2,1H3. The summed E-state index contributed by atoms with van der Waals surface area (Å²) in [5, 5.41) is 19.2. The van der Waals surface area contributed by atoms with Crippen LogP contribution in [0.3, 0.4) is 0 Å². The van der Waals surface area contributed by atoms with Gasteiger partial charge in [0.15, 0.2) is 11.5 Å². The summed E-state index contributed by atoms with van der Waals surface area (Å²) < 4.78 is 4.99. The van der Waals surface area contributed by atoms with Crippen LogP contribution in [0.1, 0.15) is 30.1 Å². The van der Waals surface area contributed by atoms with Gasteiger partial charge in [0.2, 0.25) is 0 Å². The number of aromatic hydroxyl groups is 2. The van der Waals surface area contributed by atoms with Crippen molar-refractivity contribution in [3.8, 4) is 11.5 Å². The Bertz CT molecular complexity index is 543. The third kappa shape index (κ3) is 3.26. The molecule has 2 N–H and O–H groups in total. The summed E-state index contributed by atoms with van der Waals surface area (Å²) in [5.74, 6) is -1.78. The zero-order chi connectivity index (χ0) is 15.4. The molecule has 21 heavy (non-hydrogen) atoms. The predicted octanol–water partition coefficient (Wildman–Crippen LogP) is 1.51. The Morgan fingerprint density at radius 1 is 1.38 bits per heavy atom. The maximum Gasteiger partial charge on any atom is 0.310 e. The van der Waals surface area contributed by atoms with Crippen LogP contribution < -0.4 is 0 Å². The molecule has 2 rings (SSSR count). The van der Waals surface area contributed by atoms with Crippen molar-refractivity contribution in [2.75, 3.05) is 19.7 Å². The molecule has 1 atom stereocenters. The Hall–Kier alpha value is -2.24. The van der Waals surface area contributed by atoms with Crippen molar-refractivity contribution in [2.24, 2.45) is 5.92 Å². The lowest BCUT2D eigenvalue weighted by atomic mass is 9.97. The zero-order valence-electron chi connectivity index (χ0n) is 11.9. The van der Waals surface area contributed by atoms with Crippen molar-refractivity contribution >= 4 is 11.9 Å². The van der Waals surface area contributed by atoms with Crippen LogP contribution in [0.25, 0.3) is 0 Å². The van der Waals surface area contributed by atoms with Crippen molar-refractivity contribution in [1.82, 2.24) is 4.90 Å². The average Bonchev–Trinajstić information content (AvgIpc) is 2.50. The van der Waals surface area contributed by atoms with Gasteiger partial charge in [-0.25, -0.2) is 0 Å². The Morgan fingerprint density at radius 2 is 2.14 bits per heavy atom. The first-order chi connectivity index (χ1) is 10.0. The summed E-state index contributed by atoms with van der Waals surface area (Å²) in [6.07, 6.45) is 1.39. The average molecular weight is 293 g/mol. The van der Waals surface area contributed by atoms with E-state index in [1.807, 2.05) is 0 Å². The van der Waals surface area contributed by atoms with Crippen LogP contribution in [0.15, 0.2) is 18.2 Å². The fourth-order valence-electron chi connectivity index (χ4n) is 2.49. The summed E-state index contributed by atoms with van der Waals surface area (Å²) in [6.45, 7) is 2.85. The number of carbonyl (C=O) groups is 2. The van der Waals surface area contributed by atoms with Crippen molar-refractivity contribution < 1.29 is 24.5 Å². The minimum atomic E-state index is -0.430.